The van der Waals surface area contributed by atoms with E-state index in [2.05, 4.69) is 60.4 Å². The van der Waals surface area contributed by atoms with Gasteiger partial charge in [-0.1, -0.05) is 30.3 Å². The third-order valence-electron chi connectivity index (χ3n) is 5.39. The molecule has 0 atom stereocenters. The number of halogens is 1. The van der Waals surface area contributed by atoms with E-state index in [0.717, 1.165) is 47.5 Å². The number of nitrogens with zero attached hydrogens (tertiary/aromatic N) is 3. The zero-order valence-corrected chi connectivity index (χ0v) is 22.3. The fourth-order valence-corrected chi connectivity index (χ4v) is 3.56. The molecule has 0 amide bonds. The maximum Gasteiger partial charge on any atom is 0.191 e. The van der Waals surface area contributed by atoms with E-state index in [4.69, 9.17) is 19.6 Å². The predicted octanol–water partition coefficient (Wildman–Crippen LogP) is 4.44. The van der Waals surface area contributed by atoms with Gasteiger partial charge in [0.1, 0.15) is 11.5 Å². The second kappa shape index (κ2) is 13.1. The molecule has 0 bridgehead atoms. The molecule has 1 heterocycles. The van der Waals surface area contributed by atoms with Gasteiger partial charge in [0.15, 0.2) is 5.96 Å². The van der Waals surface area contributed by atoms with Crippen molar-refractivity contribution in [2.75, 3.05) is 20.8 Å². The first-order chi connectivity index (χ1) is 15.5. The van der Waals surface area contributed by atoms with Crippen LogP contribution in [0.4, 0.5) is 0 Å². The molecule has 0 unspecified atom stereocenters. The summed E-state index contributed by atoms with van der Waals surface area (Å²) in [7, 11) is 3.30. The zero-order chi connectivity index (χ0) is 22.9. The number of aliphatic imine (C=N–C) groups is 1. The minimum atomic E-state index is 0. The molecule has 0 saturated carbocycles. The Morgan fingerprint density at radius 1 is 1.03 bits per heavy atom. The SMILES string of the molecule is CCNC(=NCc1ccc(OC)cc1OC)NCc1c(C)nn(Cc2ccccc2)c1C.I. The second-order valence-corrected chi connectivity index (χ2v) is 7.52. The van der Waals surface area contributed by atoms with E-state index in [-0.39, 0.29) is 24.0 Å². The first-order valence-corrected chi connectivity index (χ1v) is 10.9. The second-order valence-electron chi connectivity index (χ2n) is 7.52. The van der Waals surface area contributed by atoms with Crippen molar-refractivity contribution in [3.05, 3.63) is 76.6 Å². The maximum absolute atomic E-state index is 5.49. The summed E-state index contributed by atoms with van der Waals surface area (Å²) in [5.74, 6) is 2.27. The van der Waals surface area contributed by atoms with E-state index in [9.17, 15) is 0 Å². The largest absolute Gasteiger partial charge is 0.497 e. The van der Waals surface area contributed by atoms with Crippen LogP contribution >= 0.6 is 24.0 Å². The van der Waals surface area contributed by atoms with Gasteiger partial charge < -0.3 is 20.1 Å². The molecule has 8 heteroatoms. The molecule has 0 fully saturated rings. The Balaban J connectivity index is 0.00000385. The molecule has 7 nitrogen and oxygen atoms in total. The number of hydrogen-bond acceptors (Lipinski definition) is 4. The quantitative estimate of drug-likeness (QED) is 0.229. The Labute approximate surface area is 213 Å². The van der Waals surface area contributed by atoms with E-state index in [0.29, 0.717) is 13.1 Å². The Morgan fingerprint density at radius 3 is 2.45 bits per heavy atom. The fraction of sp³-hybridized carbons (Fsp3) is 0.360. The van der Waals surface area contributed by atoms with Crippen molar-refractivity contribution in [1.29, 1.82) is 0 Å². The van der Waals surface area contributed by atoms with Crippen molar-refractivity contribution < 1.29 is 9.47 Å². The van der Waals surface area contributed by atoms with E-state index >= 15 is 0 Å². The number of guanidine groups is 1. The van der Waals surface area contributed by atoms with Crippen molar-refractivity contribution in [1.82, 2.24) is 20.4 Å². The molecule has 0 radical (unpaired) electrons. The third kappa shape index (κ3) is 7.12. The average molecular weight is 563 g/mol. The van der Waals surface area contributed by atoms with Gasteiger partial charge in [-0.05, 0) is 38.5 Å². The lowest BCUT2D eigenvalue weighted by atomic mass is 10.2. The number of benzene rings is 2. The molecule has 3 rings (SSSR count). The van der Waals surface area contributed by atoms with Crippen molar-refractivity contribution in [3.8, 4) is 11.5 Å². The normalized spacial score (nSPS) is 11.0. The van der Waals surface area contributed by atoms with Gasteiger partial charge in [-0.15, -0.1) is 24.0 Å². The first kappa shape index (κ1) is 26.5. The summed E-state index contributed by atoms with van der Waals surface area (Å²) in [4.78, 5) is 4.74. The summed E-state index contributed by atoms with van der Waals surface area (Å²) < 4.78 is 12.8. The lowest BCUT2D eigenvalue weighted by Gasteiger charge is -2.13. The highest BCUT2D eigenvalue weighted by atomic mass is 127. The molecule has 3 aromatic rings. The number of hydrogen-bond donors (Lipinski definition) is 2. The molecule has 0 aliphatic rings. The number of nitrogens with one attached hydrogen (secondary N) is 2. The molecule has 33 heavy (non-hydrogen) atoms. The summed E-state index contributed by atoms with van der Waals surface area (Å²) in [6.45, 7) is 8.91. The van der Waals surface area contributed by atoms with Crippen LogP contribution in [-0.4, -0.2) is 36.5 Å². The van der Waals surface area contributed by atoms with Gasteiger partial charge in [-0.25, -0.2) is 4.99 Å². The van der Waals surface area contributed by atoms with Crippen LogP contribution < -0.4 is 20.1 Å². The minimum absolute atomic E-state index is 0. The molecule has 2 aromatic carbocycles. The Bertz CT molecular complexity index is 1050. The highest BCUT2D eigenvalue weighted by Crippen LogP contribution is 2.25. The van der Waals surface area contributed by atoms with Crippen LogP contribution in [0.3, 0.4) is 0 Å². The Hall–Kier alpha value is -2.75. The average Bonchev–Trinajstić information content (AvgIpc) is 3.08. The number of rotatable bonds is 9. The number of aromatic nitrogens is 2. The standard InChI is InChI=1S/C25H33N5O2.HI/c1-6-26-25(27-15-21-12-13-22(31-4)14-24(21)32-5)28-16-23-18(2)29-30(19(23)3)17-20-10-8-7-9-11-20;/h7-14H,6,15-17H2,1-5H3,(H2,26,27,28);1H. The monoisotopic (exact) mass is 563 g/mol. The predicted molar refractivity (Wildman–Crippen MR) is 144 cm³/mol. The van der Waals surface area contributed by atoms with Crippen LogP contribution in [0.15, 0.2) is 53.5 Å². The molecule has 1 aromatic heterocycles. The van der Waals surface area contributed by atoms with Crippen molar-refractivity contribution in [2.24, 2.45) is 4.99 Å². The third-order valence-corrected chi connectivity index (χ3v) is 5.39. The van der Waals surface area contributed by atoms with Crippen LogP contribution in [0.5, 0.6) is 11.5 Å². The molecule has 0 saturated heterocycles. The molecular weight excluding hydrogens is 529 g/mol. The van der Waals surface area contributed by atoms with Gasteiger partial charge >= 0.3 is 0 Å². The van der Waals surface area contributed by atoms with Crippen molar-refractivity contribution >= 4 is 29.9 Å². The van der Waals surface area contributed by atoms with Gasteiger partial charge in [0.25, 0.3) is 0 Å². The van der Waals surface area contributed by atoms with Gasteiger partial charge in [0.05, 0.1) is 33.0 Å². The topological polar surface area (TPSA) is 72.7 Å². The number of aryl methyl sites for hydroxylation is 1. The zero-order valence-electron chi connectivity index (χ0n) is 20.0. The summed E-state index contributed by atoms with van der Waals surface area (Å²) in [6.07, 6.45) is 0. The van der Waals surface area contributed by atoms with Gasteiger partial charge in [-0.3, -0.25) is 4.68 Å². The van der Waals surface area contributed by atoms with Crippen LogP contribution in [0.2, 0.25) is 0 Å². The number of methoxy groups -OCH3 is 2. The molecule has 0 aliphatic heterocycles. The summed E-state index contributed by atoms with van der Waals surface area (Å²) >= 11 is 0. The molecule has 0 aliphatic carbocycles. The lowest BCUT2D eigenvalue weighted by molar-refractivity contribution is 0.391. The highest BCUT2D eigenvalue weighted by molar-refractivity contribution is 14.0. The van der Waals surface area contributed by atoms with Crippen molar-refractivity contribution in [2.45, 2.75) is 40.4 Å². The fourth-order valence-electron chi connectivity index (χ4n) is 3.56. The summed E-state index contributed by atoms with van der Waals surface area (Å²) in [5.41, 5.74) is 5.60. The van der Waals surface area contributed by atoms with E-state index in [1.807, 2.05) is 24.3 Å². The highest BCUT2D eigenvalue weighted by Gasteiger charge is 2.13. The smallest absolute Gasteiger partial charge is 0.191 e. The van der Waals surface area contributed by atoms with Gasteiger partial charge in [0.2, 0.25) is 0 Å². The summed E-state index contributed by atoms with van der Waals surface area (Å²) in [6, 6.07) is 16.2. The van der Waals surface area contributed by atoms with Crippen LogP contribution in [0.25, 0.3) is 0 Å². The molecular formula is C25H34IN5O2. The Kier molecular flexibility index (Phi) is 10.5. The minimum Gasteiger partial charge on any atom is -0.497 e. The van der Waals surface area contributed by atoms with Crippen LogP contribution in [-0.2, 0) is 19.6 Å². The molecule has 178 valence electrons. The van der Waals surface area contributed by atoms with Crippen LogP contribution in [0, 0.1) is 13.8 Å². The lowest BCUT2D eigenvalue weighted by Crippen LogP contribution is -2.37. The van der Waals surface area contributed by atoms with E-state index in [1.165, 1.54) is 11.1 Å². The summed E-state index contributed by atoms with van der Waals surface area (Å²) in [5, 5.41) is 11.5. The Morgan fingerprint density at radius 2 is 1.79 bits per heavy atom. The molecule has 0 spiro atoms. The van der Waals surface area contributed by atoms with E-state index < -0.39 is 0 Å². The van der Waals surface area contributed by atoms with Gasteiger partial charge in [0, 0.05) is 36.0 Å². The first-order valence-electron chi connectivity index (χ1n) is 10.9. The molecule has 2 N–H and O–H groups in total. The van der Waals surface area contributed by atoms with Crippen molar-refractivity contribution in [3.63, 3.8) is 0 Å². The number of ether oxygens (including phenoxy) is 2. The maximum atomic E-state index is 5.49. The van der Waals surface area contributed by atoms with Crippen LogP contribution in [0.1, 0.15) is 35.0 Å². The van der Waals surface area contributed by atoms with Gasteiger partial charge in [-0.2, -0.15) is 5.10 Å². The van der Waals surface area contributed by atoms with E-state index in [1.54, 1.807) is 14.2 Å².